The highest BCUT2D eigenvalue weighted by molar-refractivity contribution is 6.13. The van der Waals surface area contributed by atoms with Crippen LogP contribution in [0.4, 0.5) is 0 Å². The minimum Gasteiger partial charge on any atom is -0.497 e. The molecule has 0 saturated carbocycles. The molecule has 4 rings (SSSR count). The summed E-state index contributed by atoms with van der Waals surface area (Å²) in [5, 5.41) is 3.33. The second kappa shape index (κ2) is 11.7. The van der Waals surface area contributed by atoms with Crippen molar-refractivity contribution in [3.63, 3.8) is 0 Å². The Bertz CT molecular complexity index is 1290. The van der Waals surface area contributed by atoms with Gasteiger partial charge in [0.1, 0.15) is 11.7 Å². The van der Waals surface area contributed by atoms with Gasteiger partial charge in [-0.1, -0.05) is 43.3 Å². The monoisotopic (exact) mass is 517 g/mol. The zero-order valence-electron chi connectivity index (χ0n) is 22.6. The normalized spacial score (nSPS) is 21.0. The van der Waals surface area contributed by atoms with E-state index in [2.05, 4.69) is 12.2 Å². The molecule has 1 aliphatic heterocycles. The van der Waals surface area contributed by atoms with E-state index in [4.69, 9.17) is 14.2 Å². The summed E-state index contributed by atoms with van der Waals surface area (Å²) in [6, 6.07) is 15.3. The first-order valence-electron chi connectivity index (χ1n) is 13.2. The lowest BCUT2D eigenvalue weighted by Crippen LogP contribution is -2.43. The van der Waals surface area contributed by atoms with Gasteiger partial charge in [-0.3, -0.25) is 9.59 Å². The summed E-state index contributed by atoms with van der Waals surface area (Å²) in [6.45, 7) is 7.74. The molecule has 0 spiro atoms. The highest BCUT2D eigenvalue weighted by Gasteiger charge is 2.49. The van der Waals surface area contributed by atoms with Crippen LogP contribution in [0.15, 0.2) is 71.1 Å². The van der Waals surface area contributed by atoms with Crippen molar-refractivity contribution in [1.82, 2.24) is 5.32 Å². The summed E-state index contributed by atoms with van der Waals surface area (Å²) >= 11 is 0. The van der Waals surface area contributed by atoms with Gasteiger partial charge in [-0.15, -0.1) is 0 Å². The Morgan fingerprint density at radius 2 is 1.68 bits per heavy atom. The molecule has 0 bridgehead atoms. The minimum absolute atomic E-state index is 0.159. The SMILES string of the molecule is CCOC(=O)C1=C(C)NC2=C(C(=O)[C@H](C(=O)OCC)[C@H](c3cccc(OC)c3)C2)[C@H]1c1ccc(CC)cc1. The maximum absolute atomic E-state index is 14.3. The molecule has 0 aromatic heterocycles. The van der Waals surface area contributed by atoms with Crippen LogP contribution in [-0.4, -0.2) is 38.0 Å². The van der Waals surface area contributed by atoms with Crippen molar-refractivity contribution >= 4 is 17.7 Å². The van der Waals surface area contributed by atoms with Gasteiger partial charge in [0.05, 0.1) is 25.9 Å². The summed E-state index contributed by atoms with van der Waals surface area (Å²) in [6.07, 6.45) is 1.26. The molecule has 2 aromatic rings. The van der Waals surface area contributed by atoms with Crippen molar-refractivity contribution in [3.8, 4) is 5.75 Å². The smallest absolute Gasteiger partial charge is 0.336 e. The van der Waals surface area contributed by atoms with E-state index in [-0.39, 0.29) is 19.0 Å². The Labute approximate surface area is 223 Å². The van der Waals surface area contributed by atoms with Crippen molar-refractivity contribution in [2.45, 2.75) is 52.4 Å². The molecule has 200 valence electrons. The number of aryl methyl sites for hydroxylation is 1. The summed E-state index contributed by atoms with van der Waals surface area (Å²) in [5.74, 6) is -2.92. The number of esters is 2. The third-order valence-corrected chi connectivity index (χ3v) is 7.30. The van der Waals surface area contributed by atoms with E-state index < -0.39 is 29.7 Å². The van der Waals surface area contributed by atoms with Crippen LogP contribution in [0, 0.1) is 5.92 Å². The molecule has 2 aliphatic rings. The molecule has 2 aromatic carbocycles. The van der Waals surface area contributed by atoms with Crippen LogP contribution < -0.4 is 10.1 Å². The van der Waals surface area contributed by atoms with Gasteiger partial charge in [0, 0.05) is 28.8 Å². The molecule has 38 heavy (non-hydrogen) atoms. The fourth-order valence-corrected chi connectivity index (χ4v) is 5.48. The number of carbonyl (C=O) groups excluding carboxylic acids is 3. The molecular weight excluding hydrogens is 482 g/mol. The number of dihydropyridines is 1. The highest BCUT2D eigenvalue weighted by Crippen LogP contribution is 2.48. The number of Topliss-reactive ketones (excluding diaryl/α,β-unsaturated/α-hetero) is 1. The summed E-state index contributed by atoms with van der Waals surface area (Å²) in [4.78, 5) is 40.9. The van der Waals surface area contributed by atoms with Gasteiger partial charge in [0.2, 0.25) is 0 Å². The standard InChI is InChI=1S/C31H35NO6/c1-6-19-12-14-20(15-13-19)26-25(30(34)37-7-2)18(4)32-24-17-23(21-10-9-11-22(16-21)36-5)27(29(33)28(24)26)31(35)38-8-3/h9-16,23,26-27,32H,6-8,17H2,1-5H3/t23-,26-,27+/m0/s1. The van der Waals surface area contributed by atoms with Crippen LogP contribution in [0.5, 0.6) is 5.75 Å². The van der Waals surface area contributed by atoms with E-state index in [1.165, 1.54) is 0 Å². The van der Waals surface area contributed by atoms with E-state index >= 15 is 0 Å². The number of hydrogen-bond donors (Lipinski definition) is 1. The number of hydrogen-bond acceptors (Lipinski definition) is 7. The molecule has 0 saturated heterocycles. The Morgan fingerprint density at radius 1 is 0.974 bits per heavy atom. The molecule has 0 amide bonds. The zero-order valence-corrected chi connectivity index (χ0v) is 22.6. The van der Waals surface area contributed by atoms with Gasteiger partial charge in [-0.2, -0.15) is 0 Å². The zero-order chi connectivity index (χ0) is 27.4. The summed E-state index contributed by atoms with van der Waals surface area (Å²) in [5.41, 5.74) is 4.90. The van der Waals surface area contributed by atoms with Crippen molar-refractivity contribution in [1.29, 1.82) is 0 Å². The average molecular weight is 518 g/mol. The van der Waals surface area contributed by atoms with Crippen molar-refractivity contribution in [3.05, 3.63) is 87.8 Å². The van der Waals surface area contributed by atoms with Crippen LogP contribution >= 0.6 is 0 Å². The quantitative estimate of drug-likeness (QED) is 0.390. The van der Waals surface area contributed by atoms with Gasteiger partial charge < -0.3 is 19.5 Å². The summed E-state index contributed by atoms with van der Waals surface area (Å²) in [7, 11) is 1.58. The van der Waals surface area contributed by atoms with E-state index in [0.717, 1.165) is 23.1 Å². The molecule has 1 aliphatic carbocycles. The number of benzene rings is 2. The number of ketones is 1. The fourth-order valence-electron chi connectivity index (χ4n) is 5.48. The van der Waals surface area contributed by atoms with Crippen molar-refractivity contribution < 1.29 is 28.6 Å². The molecule has 0 fully saturated rings. The maximum Gasteiger partial charge on any atom is 0.336 e. The second-order valence-corrected chi connectivity index (χ2v) is 9.49. The van der Waals surface area contributed by atoms with Gasteiger partial charge in [-0.05, 0) is 62.4 Å². The Morgan fingerprint density at radius 3 is 2.32 bits per heavy atom. The molecule has 1 N–H and O–H groups in total. The third kappa shape index (κ3) is 5.10. The predicted octanol–water partition coefficient (Wildman–Crippen LogP) is 4.97. The predicted molar refractivity (Wildman–Crippen MR) is 144 cm³/mol. The second-order valence-electron chi connectivity index (χ2n) is 9.49. The molecular formula is C31H35NO6. The Balaban J connectivity index is 1.89. The molecule has 3 atom stereocenters. The first-order chi connectivity index (χ1) is 18.3. The molecule has 7 nitrogen and oxygen atoms in total. The third-order valence-electron chi connectivity index (χ3n) is 7.30. The minimum atomic E-state index is -1.05. The number of ether oxygens (including phenoxy) is 3. The first kappa shape index (κ1) is 27.2. The highest BCUT2D eigenvalue weighted by atomic mass is 16.5. The van der Waals surface area contributed by atoms with E-state index in [9.17, 15) is 14.4 Å². The maximum atomic E-state index is 14.3. The molecule has 1 heterocycles. The molecule has 0 unspecified atom stereocenters. The van der Waals surface area contributed by atoms with Crippen molar-refractivity contribution in [2.75, 3.05) is 20.3 Å². The van der Waals surface area contributed by atoms with Gasteiger partial charge >= 0.3 is 11.9 Å². The van der Waals surface area contributed by atoms with Crippen molar-refractivity contribution in [2.24, 2.45) is 5.92 Å². The molecule has 7 heteroatoms. The number of methoxy groups -OCH3 is 1. The van der Waals surface area contributed by atoms with Crippen LogP contribution in [-0.2, 0) is 30.3 Å². The van der Waals surface area contributed by atoms with Gasteiger partial charge in [0.25, 0.3) is 0 Å². The van der Waals surface area contributed by atoms with E-state index in [0.29, 0.717) is 34.7 Å². The fraction of sp³-hybridized carbons (Fsp3) is 0.387. The van der Waals surface area contributed by atoms with E-state index in [1.807, 2.05) is 55.5 Å². The Kier molecular flexibility index (Phi) is 8.35. The number of nitrogens with one attached hydrogen (secondary N) is 1. The van der Waals surface area contributed by atoms with E-state index in [1.54, 1.807) is 21.0 Å². The van der Waals surface area contributed by atoms with Crippen LogP contribution in [0.25, 0.3) is 0 Å². The topological polar surface area (TPSA) is 90.9 Å². The number of rotatable bonds is 8. The van der Waals surface area contributed by atoms with Crippen LogP contribution in [0.3, 0.4) is 0 Å². The van der Waals surface area contributed by atoms with Crippen LogP contribution in [0.2, 0.25) is 0 Å². The van der Waals surface area contributed by atoms with Gasteiger partial charge in [0.15, 0.2) is 5.78 Å². The lowest BCUT2D eigenvalue weighted by Gasteiger charge is -2.39. The lowest BCUT2D eigenvalue weighted by atomic mass is 9.67. The average Bonchev–Trinajstić information content (AvgIpc) is 2.92. The van der Waals surface area contributed by atoms with Crippen LogP contribution in [0.1, 0.15) is 62.6 Å². The lowest BCUT2D eigenvalue weighted by molar-refractivity contribution is -0.152. The number of allylic oxidation sites excluding steroid dienone is 3. The Hall–Kier alpha value is -3.87. The first-order valence-corrected chi connectivity index (χ1v) is 13.2. The largest absolute Gasteiger partial charge is 0.497 e. The number of carbonyl (C=O) groups is 3. The molecule has 0 radical (unpaired) electrons. The van der Waals surface area contributed by atoms with Gasteiger partial charge in [-0.25, -0.2) is 4.79 Å². The summed E-state index contributed by atoms with van der Waals surface area (Å²) < 4.78 is 16.2.